The second-order valence-corrected chi connectivity index (χ2v) is 9.39. The summed E-state index contributed by atoms with van der Waals surface area (Å²) < 4.78 is 101. The molecule has 4 rings (SSSR count). The summed E-state index contributed by atoms with van der Waals surface area (Å²) in [7, 11) is 0. The minimum absolute atomic E-state index is 0.548. The lowest BCUT2D eigenvalue weighted by Gasteiger charge is -2.29. The Balaban J connectivity index is 0.000000396. The number of pyridine rings is 2. The molecule has 20 heteroatoms. The number of hydrogen-bond donors (Lipinski definition) is 3. The molecule has 0 fully saturated rings. The Labute approximate surface area is 251 Å². The molecule has 0 aliphatic carbocycles. The summed E-state index contributed by atoms with van der Waals surface area (Å²) >= 11 is 1.82. The second-order valence-electron chi connectivity index (χ2n) is 8.36. The van der Waals surface area contributed by atoms with E-state index in [1.807, 2.05) is 35.9 Å². The second kappa shape index (κ2) is 17.1. The van der Waals surface area contributed by atoms with Crippen LogP contribution in [-0.4, -0.2) is 73.2 Å². The van der Waals surface area contributed by atoms with Gasteiger partial charge in [-0.3, -0.25) is 14.9 Å². The van der Waals surface area contributed by atoms with Crippen molar-refractivity contribution >= 4 is 29.2 Å². The largest absolute Gasteiger partial charge is 0.490 e. The minimum atomic E-state index is -5.08. The lowest BCUT2D eigenvalue weighted by molar-refractivity contribution is -0.193. The van der Waals surface area contributed by atoms with Gasteiger partial charge in [0.2, 0.25) is 0 Å². The van der Waals surface area contributed by atoms with E-state index in [1.165, 1.54) is 21.6 Å². The predicted octanol–water partition coefficient (Wildman–Crippen LogP) is 5.58. The van der Waals surface area contributed by atoms with Crippen LogP contribution in [0.4, 0.5) is 39.5 Å². The van der Waals surface area contributed by atoms with Gasteiger partial charge in [-0.25, -0.2) is 14.4 Å². The maximum Gasteiger partial charge on any atom is 0.490 e. The topological polar surface area (TPSA) is 150 Å². The molecule has 0 spiro atoms. The lowest BCUT2D eigenvalue weighted by atomic mass is 9.97. The number of alkyl halides is 9. The lowest BCUT2D eigenvalue weighted by Crippen LogP contribution is -2.30. The third-order valence-corrected chi connectivity index (χ3v) is 5.88. The van der Waals surface area contributed by atoms with E-state index in [0.717, 1.165) is 31.8 Å². The van der Waals surface area contributed by atoms with Crippen LogP contribution in [0.2, 0.25) is 0 Å². The molecule has 0 saturated carbocycles. The molecule has 1 aliphatic rings. The molecule has 0 amide bonds. The minimum Gasteiger partial charge on any atom is -0.487 e. The van der Waals surface area contributed by atoms with Crippen LogP contribution >= 0.6 is 11.3 Å². The normalized spacial score (nSPS) is 12.9. The number of carbonyl (C=O) groups is 3. The van der Waals surface area contributed by atoms with Crippen LogP contribution < -0.4 is 4.74 Å². The SMILES string of the molecule is O=C(O)C(F)(F)F.O=C(O)C(F)(F)F.O=C(O)C(F)(F)F.c1cncc(OCc2cncc3c2CCN(Cc2cccs2)C3)c1. The molecule has 248 valence electrons. The maximum absolute atomic E-state index is 10.6. The predicted molar refractivity (Wildman–Crippen MR) is 136 cm³/mol. The van der Waals surface area contributed by atoms with Gasteiger partial charge in [-0.05, 0) is 41.1 Å². The van der Waals surface area contributed by atoms with Crippen LogP contribution in [-0.2, 0) is 40.5 Å². The molecule has 3 aromatic rings. The summed E-state index contributed by atoms with van der Waals surface area (Å²) in [5, 5.41) is 23.5. The quantitative estimate of drug-likeness (QED) is 0.292. The molecular weight excluding hydrogens is 657 g/mol. The molecule has 0 bridgehead atoms. The van der Waals surface area contributed by atoms with E-state index in [4.69, 9.17) is 34.4 Å². The summed E-state index contributed by atoms with van der Waals surface area (Å²) in [6.45, 7) is 3.61. The zero-order valence-corrected chi connectivity index (χ0v) is 23.2. The van der Waals surface area contributed by atoms with Crippen molar-refractivity contribution in [1.82, 2.24) is 14.9 Å². The molecule has 0 atom stereocenters. The molecule has 0 radical (unpaired) electrons. The number of fused-ring (bicyclic) bond motifs is 1. The number of ether oxygens (including phenoxy) is 1. The third-order valence-electron chi connectivity index (χ3n) is 5.02. The van der Waals surface area contributed by atoms with E-state index in [-0.39, 0.29) is 0 Å². The zero-order valence-electron chi connectivity index (χ0n) is 22.4. The van der Waals surface area contributed by atoms with Crippen molar-refractivity contribution in [3.05, 3.63) is 76.0 Å². The molecule has 3 N–H and O–H groups in total. The monoisotopic (exact) mass is 679 g/mol. The Morgan fingerprint density at radius 2 is 1.38 bits per heavy atom. The number of carboxylic acid groups (broad SMARTS) is 3. The smallest absolute Gasteiger partial charge is 0.487 e. The van der Waals surface area contributed by atoms with Crippen LogP contribution in [0.5, 0.6) is 5.75 Å². The number of carboxylic acids is 3. The molecular formula is C25H22F9N3O7S. The van der Waals surface area contributed by atoms with Crippen LogP contribution in [0.15, 0.2) is 54.4 Å². The first kappa shape index (κ1) is 38.6. The Morgan fingerprint density at radius 3 is 1.82 bits per heavy atom. The number of halogens is 9. The van der Waals surface area contributed by atoms with Crippen molar-refractivity contribution in [3.8, 4) is 5.75 Å². The van der Waals surface area contributed by atoms with Gasteiger partial charge in [0.1, 0.15) is 12.4 Å². The summed E-state index contributed by atoms with van der Waals surface area (Å²) in [4.78, 5) is 39.1. The summed E-state index contributed by atoms with van der Waals surface area (Å²) in [6, 6.07) is 8.14. The van der Waals surface area contributed by atoms with Crippen molar-refractivity contribution in [1.29, 1.82) is 0 Å². The summed E-state index contributed by atoms with van der Waals surface area (Å²) in [6.07, 6.45) is -6.77. The van der Waals surface area contributed by atoms with Crippen LogP contribution in [0.1, 0.15) is 21.6 Å². The van der Waals surface area contributed by atoms with Crippen LogP contribution in [0.3, 0.4) is 0 Å². The van der Waals surface area contributed by atoms with E-state index >= 15 is 0 Å². The first-order valence-corrected chi connectivity index (χ1v) is 12.7. The molecule has 0 aromatic carbocycles. The molecule has 0 unspecified atom stereocenters. The van der Waals surface area contributed by atoms with Crippen molar-refractivity contribution in [2.24, 2.45) is 0 Å². The Bertz CT molecular complexity index is 1310. The number of rotatable bonds is 5. The van der Waals surface area contributed by atoms with Gasteiger partial charge in [-0.1, -0.05) is 6.07 Å². The fourth-order valence-electron chi connectivity index (χ4n) is 3.10. The zero-order chi connectivity index (χ0) is 34.4. The highest BCUT2D eigenvalue weighted by Gasteiger charge is 2.39. The van der Waals surface area contributed by atoms with Gasteiger partial charge < -0.3 is 20.1 Å². The van der Waals surface area contributed by atoms with Gasteiger partial charge in [0.25, 0.3) is 0 Å². The fraction of sp³-hybridized carbons (Fsp3) is 0.320. The summed E-state index contributed by atoms with van der Waals surface area (Å²) in [5.74, 6) is -7.47. The standard InChI is InChI=1S/C19H19N3OS.3C2HF3O2/c1-3-17(11-20-6-1)23-14-16-10-21-9-15-12-22(7-5-19(15)16)13-18-4-2-8-24-18;3*3-2(4,5)1(6)7/h1-4,6,8-11H,5,7,12-14H2;3*(H,6,7). The van der Waals surface area contributed by atoms with E-state index in [9.17, 15) is 39.5 Å². The maximum atomic E-state index is 10.6. The number of hydrogen-bond acceptors (Lipinski definition) is 8. The van der Waals surface area contributed by atoms with Gasteiger partial charge in [0, 0.05) is 48.7 Å². The van der Waals surface area contributed by atoms with E-state index < -0.39 is 36.4 Å². The Kier molecular flexibility index (Phi) is 14.7. The number of nitrogens with zero attached hydrogens (tertiary/aromatic N) is 3. The number of thiophene rings is 1. The van der Waals surface area contributed by atoms with Gasteiger partial charge >= 0.3 is 36.4 Å². The van der Waals surface area contributed by atoms with Crippen molar-refractivity contribution in [3.63, 3.8) is 0 Å². The highest BCUT2D eigenvalue weighted by atomic mass is 32.1. The van der Waals surface area contributed by atoms with E-state index in [2.05, 4.69) is 32.4 Å². The average molecular weight is 680 g/mol. The van der Waals surface area contributed by atoms with Crippen LogP contribution in [0.25, 0.3) is 0 Å². The molecule has 3 aromatic heterocycles. The Hall–Kier alpha value is -4.46. The average Bonchev–Trinajstić information content (AvgIpc) is 3.45. The fourth-order valence-corrected chi connectivity index (χ4v) is 3.85. The molecule has 45 heavy (non-hydrogen) atoms. The summed E-state index contributed by atoms with van der Waals surface area (Å²) in [5.41, 5.74) is 3.91. The number of aromatic nitrogens is 2. The van der Waals surface area contributed by atoms with Crippen LogP contribution in [0, 0.1) is 0 Å². The highest BCUT2D eigenvalue weighted by molar-refractivity contribution is 7.09. The van der Waals surface area contributed by atoms with Crippen molar-refractivity contribution in [2.45, 2.75) is 44.6 Å². The Morgan fingerprint density at radius 1 is 0.822 bits per heavy atom. The molecule has 10 nitrogen and oxygen atoms in total. The highest BCUT2D eigenvalue weighted by Crippen LogP contribution is 2.25. The molecule has 0 saturated heterocycles. The first-order chi connectivity index (χ1) is 20.7. The van der Waals surface area contributed by atoms with E-state index in [0.29, 0.717) is 6.61 Å². The van der Waals surface area contributed by atoms with Gasteiger partial charge in [0.05, 0.1) is 6.20 Å². The molecule has 1 aliphatic heterocycles. The van der Waals surface area contributed by atoms with Crippen molar-refractivity contribution < 1.29 is 74.0 Å². The van der Waals surface area contributed by atoms with Gasteiger partial charge in [-0.15, -0.1) is 11.3 Å². The van der Waals surface area contributed by atoms with Crippen molar-refractivity contribution in [2.75, 3.05) is 6.54 Å². The van der Waals surface area contributed by atoms with Gasteiger partial charge in [0.15, 0.2) is 0 Å². The first-order valence-electron chi connectivity index (χ1n) is 11.8. The molecule has 4 heterocycles. The van der Waals surface area contributed by atoms with E-state index in [1.54, 1.807) is 12.4 Å². The number of aliphatic carboxylic acids is 3. The van der Waals surface area contributed by atoms with Gasteiger partial charge in [-0.2, -0.15) is 39.5 Å². The third kappa shape index (κ3) is 15.2.